The SMILES string of the molecule is CNCC(=O)N1CCN(c2ccc(Nc3ncc4c(n3)OCN(c3c(Cl)cccc3Cl)C4=O)cc2)CC1.Cl. The zero-order valence-corrected chi connectivity index (χ0v) is 22.8. The molecule has 1 fully saturated rings. The van der Waals surface area contributed by atoms with Gasteiger partial charge in [0.05, 0.1) is 22.3 Å². The van der Waals surface area contributed by atoms with Crippen LogP contribution in [0.25, 0.3) is 0 Å². The number of carbonyl (C=O) groups is 2. The number of carbonyl (C=O) groups excluding carboxylic acids is 2. The second-order valence-electron chi connectivity index (χ2n) is 8.56. The standard InChI is InChI=1S/C25H25Cl2N7O3.ClH/c1-28-14-21(35)33-11-9-32(10-12-33)17-7-5-16(6-8-17)30-25-29-13-18-23(31-25)37-15-34(24(18)36)22-19(26)3-2-4-20(22)27;/h2-8,13,28H,9-12,14-15H2,1H3,(H,29,30,31);1H. The number of anilines is 4. The molecule has 1 aromatic heterocycles. The number of likely N-dealkylation sites (N-methyl/N-ethyl adjacent to an activating group) is 1. The van der Waals surface area contributed by atoms with Crippen LogP contribution in [0.15, 0.2) is 48.7 Å². The Morgan fingerprint density at radius 1 is 1.05 bits per heavy atom. The Morgan fingerprint density at radius 3 is 2.39 bits per heavy atom. The highest BCUT2D eigenvalue weighted by Crippen LogP contribution is 2.37. The number of aromatic nitrogens is 2. The van der Waals surface area contributed by atoms with E-state index in [4.69, 9.17) is 27.9 Å². The van der Waals surface area contributed by atoms with Gasteiger partial charge in [0.2, 0.25) is 17.7 Å². The number of benzene rings is 2. The molecule has 0 bridgehead atoms. The first-order valence-corrected chi connectivity index (χ1v) is 12.5. The van der Waals surface area contributed by atoms with Gasteiger partial charge in [-0.2, -0.15) is 4.98 Å². The summed E-state index contributed by atoms with van der Waals surface area (Å²) in [7, 11) is 1.78. The van der Waals surface area contributed by atoms with Crippen LogP contribution in [0.5, 0.6) is 5.88 Å². The minimum Gasteiger partial charge on any atom is -0.455 e. The number of hydrogen-bond acceptors (Lipinski definition) is 8. The smallest absolute Gasteiger partial charge is 0.268 e. The highest BCUT2D eigenvalue weighted by Gasteiger charge is 2.31. The van der Waals surface area contributed by atoms with Crippen molar-refractivity contribution in [2.45, 2.75) is 0 Å². The van der Waals surface area contributed by atoms with Crippen LogP contribution >= 0.6 is 35.6 Å². The van der Waals surface area contributed by atoms with Gasteiger partial charge in [-0.1, -0.05) is 29.3 Å². The summed E-state index contributed by atoms with van der Waals surface area (Å²) in [5.74, 6) is 0.266. The zero-order valence-electron chi connectivity index (χ0n) is 20.5. The number of rotatable bonds is 6. The van der Waals surface area contributed by atoms with Crippen molar-refractivity contribution in [1.29, 1.82) is 0 Å². The summed E-state index contributed by atoms with van der Waals surface area (Å²) in [4.78, 5) is 39.3. The van der Waals surface area contributed by atoms with Crippen LogP contribution in [0.2, 0.25) is 10.0 Å². The van der Waals surface area contributed by atoms with Gasteiger partial charge in [0.25, 0.3) is 5.91 Å². The maximum absolute atomic E-state index is 13.1. The molecule has 2 amide bonds. The second-order valence-corrected chi connectivity index (χ2v) is 9.37. The van der Waals surface area contributed by atoms with E-state index < -0.39 is 0 Å². The number of hydrogen-bond donors (Lipinski definition) is 2. The molecular formula is C25H26Cl3N7O3. The van der Waals surface area contributed by atoms with E-state index in [1.54, 1.807) is 25.2 Å². The largest absolute Gasteiger partial charge is 0.455 e. The Balaban J connectivity index is 0.00000336. The van der Waals surface area contributed by atoms with Crippen LogP contribution in [-0.2, 0) is 4.79 Å². The van der Waals surface area contributed by atoms with E-state index in [1.165, 1.54) is 11.1 Å². The first kappa shape index (κ1) is 27.7. The Morgan fingerprint density at radius 2 is 1.74 bits per heavy atom. The number of nitrogens with one attached hydrogen (secondary N) is 2. The Hall–Kier alpha value is -3.31. The normalized spacial score (nSPS) is 14.9. The molecule has 2 N–H and O–H groups in total. The molecule has 38 heavy (non-hydrogen) atoms. The number of amides is 2. The minimum atomic E-state index is -0.347. The average molecular weight is 579 g/mol. The number of nitrogens with zero attached hydrogens (tertiary/aromatic N) is 5. The van der Waals surface area contributed by atoms with Gasteiger partial charge < -0.3 is 25.2 Å². The molecule has 13 heteroatoms. The summed E-state index contributed by atoms with van der Waals surface area (Å²) < 4.78 is 5.75. The fourth-order valence-corrected chi connectivity index (χ4v) is 4.89. The first-order valence-electron chi connectivity index (χ1n) is 11.7. The van der Waals surface area contributed by atoms with E-state index in [0.717, 1.165) is 24.5 Å². The number of ether oxygens (including phenoxy) is 1. The summed E-state index contributed by atoms with van der Waals surface area (Å²) in [6, 6.07) is 12.9. The van der Waals surface area contributed by atoms with Gasteiger partial charge in [0.1, 0.15) is 5.56 Å². The molecule has 10 nitrogen and oxygen atoms in total. The lowest BCUT2D eigenvalue weighted by atomic mass is 10.2. The van der Waals surface area contributed by atoms with Gasteiger partial charge in [0, 0.05) is 43.8 Å². The molecule has 200 valence electrons. The molecule has 1 saturated heterocycles. The minimum absolute atomic E-state index is 0. The molecule has 3 heterocycles. The number of fused-ring (bicyclic) bond motifs is 1. The maximum atomic E-state index is 13.1. The van der Waals surface area contributed by atoms with E-state index in [0.29, 0.717) is 41.3 Å². The van der Waals surface area contributed by atoms with E-state index in [2.05, 4.69) is 25.5 Å². The molecule has 2 aliphatic rings. The lowest BCUT2D eigenvalue weighted by Crippen LogP contribution is -2.50. The van der Waals surface area contributed by atoms with Crippen molar-refractivity contribution in [3.63, 3.8) is 0 Å². The van der Waals surface area contributed by atoms with Crippen molar-refractivity contribution in [2.24, 2.45) is 0 Å². The van der Waals surface area contributed by atoms with Crippen LogP contribution in [-0.4, -0.2) is 73.2 Å². The van der Waals surface area contributed by atoms with Crippen molar-refractivity contribution in [3.05, 3.63) is 64.3 Å². The van der Waals surface area contributed by atoms with Crippen LogP contribution in [0.3, 0.4) is 0 Å². The third-order valence-electron chi connectivity index (χ3n) is 6.22. The predicted molar refractivity (Wildman–Crippen MR) is 150 cm³/mol. The fourth-order valence-electron chi connectivity index (χ4n) is 4.29. The Labute approximate surface area is 236 Å². The van der Waals surface area contributed by atoms with Crippen molar-refractivity contribution in [2.75, 3.05) is 61.6 Å². The summed E-state index contributed by atoms with van der Waals surface area (Å²) in [6.07, 6.45) is 1.42. The first-order chi connectivity index (χ1) is 17.9. The van der Waals surface area contributed by atoms with E-state index in [9.17, 15) is 9.59 Å². The third-order valence-corrected chi connectivity index (χ3v) is 6.83. The van der Waals surface area contributed by atoms with Crippen molar-refractivity contribution in [1.82, 2.24) is 20.2 Å². The van der Waals surface area contributed by atoms with Crippen molar-refractivity contribution < 1.29 is 14.3 Å². The number of piperazine rings is 1. The number of halogens is 3. The van der Waals surface area contributed by atoms with Crippen LogP contribution in [0.1, 0.15) is 10.4 Å². The molecule has 3 aromatic rings. The molecule has 2 aliphatic heterocycles. The summed E-state index contributed by atoms with van der Waals surface area (Å²) >= 11 is 12.5. The van der Waals surface area contributed by atoms with Crippen LogP contribution < -0.4 is 25.2 Å². The maximum Gasteiger partial charge on any atom is 0.268 e. The second kappa shape index (κ2) is 12.0. The van der Waals surface area contributed by atoms with Gasteiger partial charge in [-0.15, -0.1) is 12.4 Å². The molecule has 0 aliphatic carbocycles. The highest BCUT2D eigenvalue weighted by atomic mass is 35.5. The molecule has 0 unspecified atom stereocenters. The quantitative estimate of drug-likeness (QED) is 0.455. The molecule has 5 rings (SSSR count). The molecule has 0 saturated carbocycles. The van der Waals surface area contributed by atoms with E-state index in [1.807, 2.05) is 29.2 Å². The zero-order chi connectivity index (χ0) is 25.9. The molecule has 2 aromatic carbocycles. The lowest BCUT2D eigenvalue weighted by molar-refractivity contribution is -0.130. The highest BCUT2D eigenvalue weighted by molar-refractivity contribution is 6.40. The Kier molecular flexibility index (Phi) is 8.78. The van der Waals surface area contributed by atoms with Crippen molar-refractivity contribution >= 4 is 70.4 Å². The van der Waals surface area contributed by atoms with Gasteiger partial charge in [-0.05, 0) is 43.4 Å². The predicted octanol–water partition coefficient (Wildman–Crippen LogP) is 3.81. The fraction of sp³-hybridized carbons (Fsp3) is 0.280. The monoisotopic (exact) mass is 577 g/mol. The van der Waals surface area contributed by atoms with E-state index >= 15 is 0 Å². The summed E-state index contributed by atoms with van der Waals surface area (Å²) in [6.45, 7) is 3.23. The molecule has 0 spiro atoms. The van der Waals surface area contributed by atoms with E-state index in [-0.39, 0.29) is 42.4 Å². The molecule has 0 atom stereocenters. The summed E-state index contributed by atoms with van der Waals surface area (Å²) in [5.41, 5.74) is 2.47. The van der Waals surface area contributed by atoms with Gasteiger partial charge in [-0.25, -0.2) is 4.98 Å². The summed E-state index contributed by atoms with van der Waals surface area (Å²) in [5, 5.41) is 6.75. The van der Waals surface area contributed by atoms with Gasteiger partial charge in [0.15, 0.2) is 6.73 Å². The van der Waals surface area contributed by atoms with Crippen LogP contribution in [0, 0.1) is 0 Å². The van der Waals surface area contributed by atoms with Crippen LogP contribution in [0.4, 0.5) is 23.0 Å². The van der Waals surface area contributed by atoms with Crippen molar-refractivity contribution in [3.8, 4) is 5.88 Å². The molecular weight excluding hydrogens is 553 g/mol. The topological polar surface area (TPSA) is 103 Å². The third kappa shape index (κ3) is 5.73. The van der Waals surface area contributed by atoms with Gasteiger partial charge in [-0.3, -0.25) is 14.5 Å². The number of para-hydroxylation sites is 1. The van der Waals surface area contributed by atoms with Gasteiger partial charge >= 0.3 is 0 Å². The lowest BCUT2D eigenvalue weighted by Gasteiger charge is -2.36. The molecule has 0 radical (unpaired) electrons. The Bertz CT molecular complexity index is 1300. The average Bonchev–Trinajstić information content (AvgIpc) is 2.90.